The average Bonchev–Trinajstić information content (AvgIpc) is 2.33. The van der Waals surface area contributed by atoms with Crippen molar-refractivity contribution in [2.75, 3.05) is 18.4 Å². The van der Waals surface area contributed by atoms with Gasteiger partial charge in [0.05, 0.1) is 18.0 Å². The molecular weight excluding hydrogens is 236 g/mol. The van der Waals surface area contributed by atoms with Crippen LogP contribution in [0.3, 0.4) is 0 Å². The van der Waals surface area contributed by atoms with E-state index in [1.165, 1.54) is 6.07 Å². The first-order valence-corrected chi connectivity index (χ1v) is 5.09. The predicted octanol–water partition coefficient (Wildman–Crippen LogP) is 0.460. The van der Waals surface area contributed by atoms with Crippen LogP contribution in [0.15, 0.2) is 12.3 Å². The molecule has 0 saturated heterocycles. The third kappa shape index (κ3) is 3.75. The molecule has 0 saturated carbocycles. The van der Waals surface area contributed by atoms with Crippen LogP contribution in [0.5, 0.6) is 0 Å². The molecule has 0 unspecified atom stereocenters. The number of aryl methyl sites for hydroxylation is 1. The lowest BCUT2D eigenvalue weighted by Crippen LogP contribution is -2.30. The number of nitrogens with one attached hydrogen (secondary N) is 2. The Balaban J connectivity index is 2.59. The van der Waals surface area contributed by atoms with E-state index in [4.69, 9.17) is 6.42 Å². The van der Waals surface area contributed by atoms with Gasteiger partial charge in [-0.15, -0.1) is 6.42 Å². The minimum Gasteiger partial charge on any atom is -0.361 e. The zero-order valence-electron chi connectivity index (χ0n) is 9.77. The summed E-state index contributed by atoms with van der Waals surface area (Å²) in [4.78, 5) is 25.1. The highest BCUT2D eigenvalue weighted by Gasteiger charge is 2.11. The summed E-state index contributed by atoms with van der Waals surface area (Å²) in [6.07, 6.45) is 6.14. The Hall–Kier alpha value is -2.62. The summed E-state index contributed by atoms with van der Waals surface area (Å²) in [6, 6.07) is 1.51. The van der Waals surface area contributed by atoms with Crippen LogP contribution in [0.4, 0.5) is 11.5 Å². The van der Waals surface area contributed by atoms with E-state index in [0.29, 0.717) is 11.4 Å². The Bertz CT molecular complexity index is 508. The number of rotatable bonds is 5. The SMILES string of the molecule is C#CCNC(=O)CNc1cc(C)c([N+](=O)[O-])cn1. The molecule has 0 aromatic carbocycles. The van der Waals surface area contributed by atoms with Gasteiger partial charge in [0.2, 0.25) is 5.91 Å². The van der Waals surface area contributed by atoms with E-state index in [1.54, 1.807) is 6.92 Å². The van der Waals surface area contributed by atoms with Crippen LogP contribution in [-0.4, -0.2) is 28.9 Å². The van der Waals surface area contributed by atoms with E-state index in [1.807, 2.05) is 0 Å². The monoisotopic (exact) mass is 248 g/mol. The van der Waals surface area contributed by atoms with Crippen molar-refractivity contribution < 1.29 is 9.72 Å². The number of amides is 1. The molecule has 1 rings (SSSR count). The van der Waals surface area contributed by atoms with Gasteiger partial charge in [-0.05, 0) is 13.0 Å². The predicted molar refractivity (Wildman–Crippen MR) is 66.0 cm³/mol. The molecule has 7 nitrogen and oxygen atoms in total. The molecule has 18 heavy (non-hydrogen) atoms. The maximum atomic E-state index is 11.2. The lowest BCUT2D eigenvalue weighted by molar-refractivity contribution is -0.385. The fraction of sp³-hybridized carbons (Fsp3) is 0.273. The van der Waals surface area contributed by atoms with Gasteiger partial charge in [0, 0.05) is 5.56 Å². The first-order valence-electron chi connectivity index (χ1n) is 5.09. The van der Waals surface area contributed by atoms with Crippen LogP contribution in [0.1, 0.15) is 5.56 Å². The molecule has 1 aromatic rings. The minimum atomic E-state index is -0.508. The van der Waals surface area contributed by atoms with Crippen molar-refractivity contribution in [3.05, 3.63) is 27.9 Å². The van der Waals surface area contributed by atoms with Gasteiger partial charge in [0.25, 0.3) is 5.69 Å². The van der Waals surface area contributed by atoms with Gasteiger partial charge in [-0.2, -0.15) is 0 Å². The number of carbonyl (C=O) groups is 1. The molecule has 0 aliphatic heterocycles. The highest BCUT2D eigenvalue weighted by molar-refractivity contribution is 5.80. The highest BCUT2D eigenvalue weighted by Crippen LogP contribution is 2.18. The molecule has 94 valence electrons. The van der Waals surface area contributed by atoms with E-state index >= 15 is 0 Å². The van der Waals surface area contributed by atoms with Gasteiger partial charge in [0.15, 0.2) is 0 Å². The Labute approximate surface area is 104 Å². The minimum absolute atomic E-state index is 0.00588. The number of nitro groups is 1. The summed E-state index contributed by atoms with van der Waals surface area (Å²) in [7, 11) is 0. The van der Waals surface area contributed by atoms with Crippen LogP contribution in [0.25, 0.3) is 0 Å². The Morgan fingerprint density at radius 1 is 1.67 bits per heavy atom. The van der Waals surface area contributed by atoms with Crippen LogP contribution in [-0.2, 0) is 4.79 Å². The Morgan fingerprint density at radius 3 is 2.94 bits per heavy atom. The van der Waals surface area contributed by atoms with Crippen molar-refractivity contribution in [2.24, 2.45) is 0 Å². The van der Waals surface area contributed by atoms with E-state index in [-0.39, 0.29) is 24.7 Å². The topological polar surface area (TPSA) is 97.2 Å². The number of pyridine rings is 1. The molecule has 0 fully saturated rings. The van der Waals surface area contributed by atoms with E-state index in [9.17, 15) is 14.9 Å². The fourth-order valence-electron chi connectivity index (χ4n) is 1.22. The van der Waals surface area contributed by atoms with E-state index < -0.39 is 4.92 Å². The standard InChI is InChI=1S/C11H12N4O3/c1-3-4-12-11(16)7-14-10-5-8(2)9(6-13-10)15(17)18/h1,5-6H,4,7H2,2H3,(H,12,16)(H,13,14). The second-order valence-corrected chi connectivity index (χ2v) is 3.45. The average molecular weight is 248 g/mol. The molecule has 0 radical (unpaired) electrons. The second-order valence-electron chi connectivity index (χ2n) is 3.45. The van der Waals surface area contributed by atoms with E-state index in [0.717, 1.165) is 6.20 Å². The van der Waals surface area contributed by atoms with Crippen molar-refractivity contribution in [1.82, 2.24) is 10.3 Å². The van der Waals surface area contributed by atoms with E-state index in [2.05, 4.69) is 21.5 Å². The lowest BCUT2D eigenvalue weighted by atomic mass is 10.2. The normalized spacial score (nSPS) is 9.33. The van der Waals surface area contributed by atoms with Gasteiger partial charge in [0.1, 0.15) is 12.0 Å². The van der Waals surface area contributed by atoms with Gasteiger partial charge in [-0.25, -0.2) is 4.98 Å². The first kappa shape index (κ1) is 13.4. The molecular formula is C11H12N4O3. The summed E-state index contributed by atoms with van der Waals surface area (Å²) in [6.45, 7) is 1.77. The quantitative estimate of drug-likeness (QED) is 0.448. The van der Waals surface area contributed by atoms with Gasteiger partial charge < -0.3 is 10.6 Å². The summed E-state index contributed by atoms with van der Waals surface area (Å²) >= 11 is 0. The smallest absolute Gasteiger partial charge is 0.290 e. The van der Waals surface area contributed by atoms with Crippen molar-refractivity contribution >= 4 is 17.4 Å². The molecule has 0 spiro atoms. The first-order chi connectivity index (χ1) is 8.54. The summed E-state index contributed by atoms with van der Waals surface area (Å²) in [5.74, 6) is 2.40. The fourth-order valence-corrected chi connectivity index (χ4v) is 1.22. The highest BCUT2D eigenvalue weighted by atomic mass is 16.6. The molecule has 1 aromatic heterocycles. The maximum absolute atomic E-state index is 11.2. The lowest BCUT2D eigenvalue weighted by Gasteiger charge is -2.06. The van der Waals surface area contributed by atoms with Crippen molar-refractivity contribution in [3.63, 3.8) is 0 Å². The van der Waals surface area contributed by atoms with Crippen molar-refractivity contribution in [2.45, 2.75) is 6.92 Å². The molecule has 0 atom stereocenters. The molecule has 0 aliphatic rings. The number of hydrogen-bond acceptors (Lipinski definition) is 5. The molecule has 0 aliphatic carbocycles. The molecule has 1 amide bonds. The third-order valence-electron chi connectivity index (χ3n) is 2.10. The molecule has 0 bridgehead atoms. The third-order valence-corrected chi connectivity index (χ3v) is 2.10. The zero-order valence-corrected chi connectivity index (χ0v) is 9.77. The summed E-state index contributed by atoms with van der Waals surface area (Å²) < 4.78 is 0. The number of nitrogens with zero attached hydrogens (tertiary/aromatic N) is 2. The Kier molecular flexibility index (Phi) is 4.63. The van der Waals surface area contributed by atoms with Crippen LogP contribution in [0, 0.1) is 29.4 Å². The number of anilines is 1. The maximum Gasteiger partial charge on any atom is 0.290 e. The summed E-state index contributed by atoms with van der Waals surface area (Å²) in [5.41, 5.74) is 0.416. The molecule has 2 N–H and O–H groups in total. The number of terminal acetylenes is 1. The van der Waals surface area contributed by atoms with Crippen LogP contribution >= 0.6 is 0 Å². The van der Waals surface area contributed by atoms with Crippen LogP contribution < -0.4 is 10.6 Å². The van der Waals surface area contributed by atoms with Gasteiger partial charge in [-0.1, -0.05) is 5.92 Å². The zero-order chi connectivity index (χ0) is 13.5. The number of carbonyl (C=O) groups excluding carboxylic acids is 1. The van der Waals surface area contributed by atoms with Crippen LogP contribution in [0.2, 0.25) is 0 Å². The van der Waals surface area contributed by atoms with Gasteiger partial charge >= 0.3 is 0 Å². The largest absolute Gasteiger partial charge is 0.361 e. The van der Waals surface area contributed by atoms with Crippen molar-refractivity contribution in [3.8, 4) is 12.3 Å². The van der Waals surface area contributed by atoms with Crippen molar-refractivity contribution in [1.29, 1.82) is 0 Å². The molecule has 1 heterocycles. The molecule has 7 heteroatoms. The number of hydrogen-bond donors (Lipinski definition) is 2. The summed E-state index contributed by atoms with van der Waals surface area (Å²) in [5, 5.41) is 15.8. The van der Waals surface area contributed by atoms with Gasteiger partial charge in [-0.3, -0.25) is 14.9 Å². The Morgan fingerprint density at radius 2 is 2.39 bits per heavy atom. The number of aromatic nitrogens is 1. The second kappa shape index (κ2) is 6.20.